The lowest BCUT2D eigenvalue weighted by Gasteiger charge is -2.18. The molecule has 0 aliphatic heterocycles. The van der Waals surface area contributed by atoms with Crippen LogP contribution in [0.1, 0.15) is 63.0 Å². The molecular weight excluding hydrogens is 585 g/mol. The lowest BCUT2D eigenvalue weighted by atomic mass is 10.1. The number of rotatable bonds is 23. The van der Waals surface area contributed by atoms with E-state index in [1.807, 2.05) is 13.8 Å². The average Bonchev–Trinajstić information content (AvgIpc) is 2.94. The van der Waals surface area contributed by atoms with Crippen molar-refractivity contribution in [3.05, 3.63) is 59.7 Å². The van der Waals surface area contributed by atoms with Gasteiger partial charge in [-0.15, -0.1) is 0 Å². The summed E-state index contributed by atoms with van der Waals surface area (Å²) >= 11 is 1.69. The highest BCUT2D eigenvalue weighted by Crippen LogP contribution is 2.17. The van der Waals surface area contributed by atoms with E-state index in [2.05, 4.69) is 6.92 Å². The number of benzene rings is 2. The highest BCUT2D eigenvalue weighted by molar-refractivity contribution is 7.99. The molecule has 2 rings (SSSR count). The Morgan fingerprint density at radius 2 is 1.17 bits per heavy atom. The Balaban J connectivity index is 1.67. The molecule has 232 valence electrons. The molecule has 8 nitrogen and oxygen atoms in total. The zero-order valence-electron chi connectivity index (χ0n) is 24.6. The predicted octanol–water partition coefficient (Wildman–Crippen LogP) is 6.30. The summed E-state index contributed by atoms with van der Waals surface area (Å²) in [7, 11) is -7.60. The van der Waals surface area contributed by atoms with Gasteiger partial charge in [0.05, 0.1) is 48.9 Å². The van der Waals surface area contributed by atoms with E-state index in [1.165, 1.54) is 37.8 Å². The van der Waals surface area contributed by atoms with Crippen molar-refractivity contribution in [2.45, 2.75) is 81.6 Å². The molecule has 2 aromatic rings. The first-order valence-corrected chi connectivity index (χ1v) is 18.3. The van der Waals surface area contributed by atoms with Gasteiger partial charge >= 0.3 is 0 Å². The Kier molecular flexibility index (Phi) is 17.1. The van der Waals surface area contributed by atoms with Crippen LogP contribution >= 0.6 is 11.8 Å². The summed E-state index contributed by atoms with van der Waals surface area (Å²) in [6, 6.07) is 13.1. The topological polar surface area (TPSA) is 105 Å². The maximum Gasteiger partial charge on any atom is 0.297 e. The molecule has 0 aliphatic carbocycles. The van der Waals surface area contributed by atoms with Gasteiger partial charge in [-0.1, -0.05) is 80.8 Å². The van der Waals surface area contributed by atoms with Crippen molar-refractivity contribution >= 4 is 32.0 Å². The van der Waals surface area contributed by atoms with Crippen LogP contribution in [0.25, 0.3) is 0 Å². The van der Waals surface area contributed by atoms with Crippen LogP contribution in [0.15, 0.2) is 58.3 Å². The fourth-order valence-electron chi connectivity index (χ4n) is 3.91. The number of thioether (sulfide) groups is 1. The van der Waals surface area contributed by atoms with Crippen LogP contribution < -0.4 is 0 Å². The molecule has 1 atom stereocenters. The van der Waals surface area contributed by atoms with Crippen LogP contribution in [0.2, 0.25) is 0 Å². The van der Waals surface area contributed by atoms with Crippen molar-refractivity contribution in [2.24, 2.45) is 0 Å². The smallest absolute Gasteiger partial charge is 0.297 e. The second-order valence-electron chi connectivity index (χ2n) is 9.91. The van der Waals surface area contributed by atoms with E-state index in [0.29, 0.717) is 6.61 Å². The number of unbranched alkanes of at least 4 members (excludes halogenated alkanes) is 5. The van der Waals surface area contributed by atoms with E-state index in [0.717, 1.165) is 41.9 Å². The number of aryl methyl sites for hydroxylation is 2. The van der Waals surface area contributed by atoms with E-state index in [1.54, 1.807) is 48.2 Å². The highest BCUT2D eigenvalue weighted by atomic mass is 32.2. The Bertz CT molecular complexity index is 1180. The fraction of sp³-hybridized carbons (Fsp3) is 0.600. The summed E-state index contributed by atoms with van der Waals surface area (Å²) in [5.74, 6) is 1.47. The molecule has 0 aromatic heterocycles. The normalized spacial score (nSPS) is 13.0. The summed E-state index contributed by atoms with van der Waals surface area (Å²) in [6.45, 7) is 6.73. The Morgan fingerprint density at radius 1 is 0.659 bits per heavy atom. The third-order valence-corrected chi connectivity index (χ3v) is 10.0. The lowest BCUT2D eigenvalue weighted by Crippen LogP contribution is -2.21. The summed E-state index contributed by atoms with van der Waals surface area (Å²) in [6.07, 6.45) is 8.01. The van der Waals surface area contributed by atoms with Gasteiger partial charge in [0.25, 0.3) is 20.2 Å². The number of hydrogen-bond donors (Lipinski definition) is 0. The van der Waals surface area contributed by atoms with E-state index < -0.39 is 20.2 Å². The second kappa shape index (κ2) is 19.7. The van der Waals surface area contributed by atoms with E-state index >= 15 is 0 Å². The van der Waals surface area contributed by atoms with Crippen molar-refractivity contribution in [2.75, 3.05) is 44.5 Å². The molecule has 0 bridgehead atoms. The van der Waals surface area contributed by atoms with Crippen molar-refractivity contribution in [3.8, 4) is 0 Å². The molecule has 0 N–H and O–H groups in total. The molecule has 0 saturated heterocycles. The summed E-state index contributed by atoms with van der Waals surface area (Å²) in [5.41, 5.74) is 1.95. The molecule has 0 fully saturated rings. The molecule has 0 aliphatic rings. The lowest BCUT2D eigenvalue weighted by molar-refractivity contribution is 0.0423. The van der Waals surface area contributed by atoms with Gasteiger partial charge in [-0.3, -0.25) is 8.37 Å². The quantitative estimate of drug-likeness (QED) is 0.103. The van der Waals surface area contributed by atoms with Crippen molar-refractivity contribution in [3.63, 3.8) is 0 Å². The summed E-state index contributed by atoms with van der Waals surface area (Å²) < 4.78 is 71.1. The Hall–Kier alpha value is -1.47. The van der Waals surface area contributed by atoms with Crippen LogP contribution in [0, 0.1) is 13.8 Å². The zero-order valence-corrected chi connectivity index (χ0v) is 27.0. The van der Waals surface area contributed by atoms with Crippen molar-refractivity contribution < 1.29 is 34.7 Å². The maximum absolute atomic E-state index is 12.4. The van der Waals surface area contributed by atoms with Gasteiger partial charge in [-0.05, 0) is 44.5 Å². The van der Waals surface area contributed by atoms with Gasteiger partial charge in [-0.2, -0.15) is 28.6 Å². The third-order valence-electron chi connectivity index (χ3n) is 6.32. The third kappa shape index (κ3) is 15.0. The highest BCUT2D eigenvalue weighted by Gasteiger charge is 2.16. The standard InChI is InChI=1S/C30H46O8S3/c1-4-5-6-7-8-9-10-28(36-20-22-38-41(33,34)30-17-13-27(3)14-18-30)25-39-24-23-35-19-21-37-40(31,32)29-15-11-26(2)12-16-29/h11-18,28H,4-10,19-25H2,1-3H3. The first-order valence-electron chi connectivity index (χ1n) is 14.3. The van der Waals surface area contributed by atoms with Crippen molar-refractivity contribution in [1.82, 2.24) is 0 Å². The minimum Gasteiger partial charge on any atom is -0.378 e. The average molecular weight is 631 g/mol. The van der Waals surface area contributed by atoms with Gasteiger partial charge in [-0.25, -0.2) is 0 Å². The molecule has 0 heterocycles. The Labute approximate surface area is 251 Å². The van der Waals surface area contributed by atoms with Crippen LogP contribution in [-0.4, -0.2) is 67.5 Å². The van der Waals surface area contributed by atoms with Crippen molar-refractivity contribution in [1.29, 1.82) is 0 Å². The minimum absolute atomic E-state index is 0.0140. The predicted molar refractivity (Wildman–Crippen MR) is 165 cm³/mol. The zero-order chi connectivity index (χ0) is 30.0. The van der Waals surface area contributed by atoms with Gasteiger partial charge < -0.3 is 9.47 Å². The summed E-state index contributed by atoms with van der Waals surface area (Å²) in [4.78, 5) is 0.272. The number of hydrogen-bond acceptors (Lipinski definition) is 9. The minimum atomic E-state index is -3.81. The van der Waals surface area contributed by atoms with Gasteiger partial charge in [0.2, 0.25) is 0 Å². The molecule has 11 heteroatoms. The molecular formula is C30H46O8S3. The fourth-order valence-corrected chi connectivity index (χ4v) is 6.62. The maximum atomic E-state index is 12.4. The van der Waals surface area contributed by atoms with Crippen LogP contribution in [-0.2, 0) is 38.1 Å². The van der Waals surface area contributed by atoms with Gasteiger partial charge in [0.15, 0.2) is 0 Å². The first-order chi connectivity index (χ1) is 19.6. The first kappa shape index (κ1) is 35.7. The second-order valence-corrected chi connectivity index (χ2v) is 14.3. The SMILES string of the molecule is CCCCCCCCC(CSCCOCCOS(=O)(=O)c1ccc(C)cc1)OCCOS(=O)(=O)c1ccc(C)cc1. The van der Waals surface area contributed by atoms with Gasteiger partial charge in [0, 0.05) is 11.5 Å². The molecule has 0 spiro atoms. The van der Waals surface area contributed by atoms with E-state index in [9.17, 15) is 16.8 Å². The molecule has 1 unspecified atom stereocenters. The van der Waals surface area contributed by atoms with Gasteiger partial charge in [0.1, 0.15) is 0 Å². The Morgan fingerprint density at radius 3 is 1.73 bits per heavy atom. The van der Waals surface area contributed by atoms with E-state index in [-0.39, 0.29) is 42.3 Å². The molecule has 0 saturated carbocycles. The molecule has 41 heavy (non-hydrogen) atoms. The van der Waals surface area contributed by atoms with Crippen LogP contribution in [0.3, 0.4) is 0 Å². The molecule has 2 aromatic carbocycles. The largest absolute Gasteiger partial charge is 0.378 e. The van der Waals surface area contributed by atoms with Crippen LogP contribution in [0.4, 0.5) is 0 Å². The molecule has 0 radical (unpaired) electrons. The number of ether oxygens (including phenoxy) is 2. The molecule has 0 amide bonds. The monoisotopic (exact) mass is 630 g/mol. The summed E-state index contributed by atoms with van der Waals surface area (Å²) in [5, 5.41) is 0. The van der Waals surface area contributed by atoms with E-state index in [4.69, 9.17) is 17.8 Å². The van der Waals surface area contributed by atoms with Crippen LogP contribution in [0.5, 0.6) is 0 Å².